The minimum atomic E-state index is -0.827. The lowest BCUT2D eigenvalue weighted by Crippen LogP contribution is -2.40. The maximum atomic E-state index is 13.7. The number of halogens is 2. The van der Waals surface area contributed by atoms with E-state index in [2.05, 4.69) is 0 Å². The number of benzene rings is 1. The van der Waals surface area contributed by atoms with Crippen LogP contribution in [0.1, 0.15) is 41.6 Å². The number of nitrogens with zero attached hydrogens (tertiary/aromatic N) is 1. The molecule has 1 fully saturated rings. The van der Waals surface area contributed by atoms with Crippen LogP contribution >= 0.6 is 11.6 Å². The smallest absolute Gasteiger partial charge is 0.303 e. The molecule has 1 saturated heterocycles. The number of hydrogen-bond donors (Lipinski definition) is 1. The van der Waals surface area contributed by atoms with E-state index in [9.17, 15) is 14.0 Å². The van der Waals surface area contributed by atoms with Crippen molar-refractivity contribution in [1.82, 2.24) is 4.90 Å². The van der Waals surface area contributed by atoms with Crippen LogP contribution in [-0.4, -0.2) is 35.0 Å². The van der Waals surface area contributed by atoms with Crippen molar-refractivity contribution in [2.45, 2.75) is 32.6 Å². The van der Waals surface area contributed by atoms with Crippen molar-refractivity contribution in [1.29, 1.82) is 0 Å². The average molecular weight is 328 g/mol. The Bertz CT molecular complexity index is 591. The molecule has 1 N–H and O–H groups in total. The lowest BCUT2D eigenvalue weighted by molar-refractivity contribution is -0.137. The number of carbonyl (C=O) groups excluding carboxylic acids is 1. The number of piperidine rings is 1. The van der Waals surface area contributed by atoms with E-state index >= 15 is 0 Å². The maximum absolute atomic E-state index is 13.7. The lowest BCUT2D eigenvalue weighted by atomic mass is 9.93. The highest BCUT2D eigenvalue weighted by Gasteiger charge is 2.26. The minimum Gasteiger partial charge on any atom is -0.481 e. The van der Waals surface area contributed by atoms with Crippen LogP contribution in [0.3, 0.4) is 0 Å². The van der Waals surface area contributed by atoms with Crippen molar-refractivity contribution in [3.8, 4) is 0 Å². The summed E-state index contributed by atoms with van der Waals surface area (Å²) >= 11 is 6.06. The monoisotopic (exact) mass is 327 g/mol. The number of likely N-dealkylation sites (tertiary alicyclic amines) is 1. The number of carbonyl (C=O) groups is 2. The molecule has 0 aliphatic carbocycles. The molecule has 0 aromatic heterocycles. The van der Waals surface area contributed by atoms with Gasteiger partial charge in [-0.1, -0.05) is 11.6 Å². The molecule has 0 spiro atoms. The Morgan fingerprint density at radius 1 is 1.45 bits per heavy atom. The molecule has 1 amide bonds. The highest BCUT2D eigenvalue weighted by atomic mass is 35.5. The number of carboxylic acid groups (broad SMARTS) is 1. The first-order valence-electron chi connectivity index (χ1n) is 7.35. The fourth-order valence-corrected chi connectivity index (χ4v) is 3.09. The van der Waals surface area contributed by atoms with Crippen LogP contribution in [0.25, 0.3) is 0 Å². The fourth-order valence-electron chi connectivity index (χ4n) is 2.79. The van der Waals surface area contributed by atoms with Crippen LogP contribution in [-0.2, 0) is 4.79 Å². The molecule has 1 aliphatic rings. The third kappa shape index (κ3) is 3.97. The number of aryl methyl sites for hydroxylation is 1. The average Bonchev–Trinajstić information content (AvgIpc) is 2.48. The second-order valence-corrected chi connectivity index (χ2v) is 6.18. The van der Waals surface area contributed by atoms with Crippen molar-refractivity contribution in [3.05, 3.63) is 34.1 Å². The van der Waals surface area contributed by atoms with Gasteiger partial charge in [0.2, 0.25) is 0 Å². The Morgan fingerprint density at radius 3 is 2.86 bits per heavy atom. The van der Waals surface area contributed by atoms with Gasteiger partial charge in [-0.15, -0.1) is 0 Å². The van der Waals surface area contributed by atoms with Crippen molar-refractivity contribution in [3.63, 3.8) is 0 Å². The molecule has 6 heteroatoms. The van der Waals surface area contributed by atoms with E-state index in [0.29, 0.717) is 25.1 Å². The van der Waals surface area contributed by atoms with Gasteiger partial charge in [-0.3, -0.25) is 9.59 Å². The summed E-state index contributed by atoms with van der Waals surface area (Å²) in [5.41, 5.74) is 0.572. The van der Waals surface area contributed by atoms with Gasteiger partial charge in [-0.2, -0.15) is 0 Å². The summed E-state index contributed by atoms with van der Waals surface area (Å²) in [5, 5.41) is 9.00. The molecule has 1 aromatic carbocycles. The van der Waals surface area contributed by atoms with Crippen LogP contribution in [0.5, 0.6) is 0 Å². The summed E-state index contributed by atoms with van der Waals surface area (Å²) in [4.78, 5) is 24.8. The van der Waals surface area contributed by atoms with E-state index in [4.69, 9.17) is 16.7 Å². The van der Waals surface area contributed by atoms with E-state index in [0.717, 1.165) is 12.8 Å². The molecule has 22 heavy (non-hydrogen) atoms. The molecule has 0 saturated carbocycles. The summed E-state index contributed by atoms with van der Waals surface area (Å²) in [6, 6.07) is 2.64. The summed E-state index contributed by atoms with van der Waals surface area (Å²) in [7, 11) is 0. The minimum absolute atomic E-state index is 0.104. The van der Waals surface area contributed by atoms with Crippen LogP contribution in [0.15, 0.2) is 12.1 Å². The molecule has 1 unspecified atom stereocenters. The van der Waals surface area contributed by atoms with Crippen molar-refractivity contribution in [2.24, 2.45) is 5.92 Å². The Morgan fingerprint density at radius 2 is 2.18 bits per heavy atom. The molecule has 1 heterocycles. The number of aliphatic carboxylic acids is 1. The van der Waals surface area contributed by atoms with E-state index in [-0.39, 0.29) is 28.8 Å². The third-order valence-corrected chi connectivity index (χ3v) is 4.36. The molecular weight excluding hydrogens is 309 g/mol. The van der Waals surface area contributed by atoms with E-state index in [1.54, 1.807) is 11.8 Å². The van der Waals surface area contributed by atoms with Gasteiger partial charge in [0.05, 0.1) is 10.6 Å². The van der Waals surface area contributed by atoms with Gasteiger partial charge in [0, 0.05) is 19.5 Å². The Hall–Kier alpha value is -1.62. The number of carboxylic acids is 1. The zero-order chi connectivity index (χ0) is 16.3. The zero-order valence-corrected chi connectivity index (χ0v) is 13.2. The highest BCUT2D eigenvalue weighted by Crippen LogP contribution is 2.26. The SMILES string of the molecule is Cc1cc(Cl)c(C(=O)N2CCCC(CCC(=O)O)C2)cc1F. The van der Waals surface area contributed by atoms with Gasteiger partial charge >= 0.3 is 5.97 Å². The lowest BCUT2D eigenvalue weighted by Gasteiger charge is -2.33. The van der Waals surface area contributed by atoms with Gasteiger partial charge in [0.1, 0.15) is 5.82 Å². The second-order valence-electron chi connectivity index (χ2n) is 5.77. The first kappa shape index (κ1) is 16.7. The molecule has 120 valence electrons. The van der Waals surface area contributed by atoms with E-state index in [1.165, 1.54) is 12.1 Å². The summed E-state index contributed by atoms with van der Waals surface area (Å²) in [6.45, 7) is 2.68. The quantitative estimate of drug-likeness (QED) is 0.920. The van der Waals surface area contributed by atoms with E-state index < -0.39 is 11.8 Å². The summed E-state index contributed by atoms with van der Waals surface area (Å²) in [6.07, 6.45) is 2.39. The van der Waals surface area contributed by atoms with Gasteiger partial charge in [-0.25, -0.2) is 4.39 Å². The van der Waals surface area contributed by atoms with Crippen LogP contribution in [0, 0.1) is 18.7 Å². The van der Waals surface area contributed by atoms with Crippen molar-refractivity contribution in [2.75, 3.05) is 13.1 Å². The normalized spacial score (nSPS) is 18.3. The third-order valence-electron chi connectivity index (χ3n) is 4.05. The Labute approximate surface area is 133 Å². The van der Waals surface area contributed by atoms with E-state index in [1.807, 2.05) is 0 Å². The number of amides is 1. The molecule has 1 atom stereocenters. The summed E-state index contributed by atoms with van der Waals surface area (Å²) < 4.78 is 13.7. The topological polar surface area (TPSA) is 57.6 Å². The van der Waals surface area contributed by atoms with Crippen LogP contribution < -0.4 is 0 Å². The molecular formula is C16H19ClFNO3. The fraction of sp³-hybridized carbons (Fsp3) is 0.500. The molecule has 1 aromatic rings. The standard InChI is InChI=1S/C16H19ClFNO3/c1-10-7-13(17)12(8-14(10)18)16(22)19-6-2-3-11(9-19)4-5-15(20)21/h7-8,11H,2-6,9H2,1H3,(H,20,21). The van der Waals surface area contributed by atoms with Crippen molar-refractivity contribution < 1.29 is 19.1 Å². The van der Waals surface area contributed by atoms with Crippen LogP contribution in [0.4, 0.5) is 4.39 Å². The molecule has 4 nitrogen and oxygen atoms in total. The largest absolute Gasteiger partial charge is 0.481 e. The predicted molar refractivity (Wildman–Crippen MR) is 81.6 cm³/mol. The molecule has 0 bridgehead atoms. The Kier molecular flexibility index (Phi) is 5.40. The molecule has 1 aliphatic heterocycles. The van der Waals surface area contributed by atoms with Gasteiger partial charge in [-0.05, 0) is 49.8 Å². The first-order valence-corrected chi connectivity index (χ1v) is 7.73. The molecule has 0 radical (unpaired) electrons. The van der Waals surface area contributed by atoms with Crippen LogP contribution in [0.2, 0.25) is 5.02 Å². The van der Waals surface area contributed by atoms with Gasteiger partial charge in [0.25, 0.3) is 5.91 Å². The predicted octanol–water partition coefficient (Wildman–Crippen LogP) is 3.50. The first-order chi connectivity index (χ1) is 10.4. The highest BCUT2D eigenvalue weighted by molar-refractivity contribution is 6.33. The van der Waals surface area contributed by atoms with Gasteiger partial charge in [0.15, 0.2) is 0 Å². The maximum Gasteiger partial charge on any atom is 0.303 e. The zero-order valence-electron chi connectivity index (χ0n) is 12.4. The number of hydrogen-bond acceptors (Lipinski definition) is 2. The Balaban J connectivity index is 2.09. The number of rotatable bonds is 4. The second kappa shape index (κ2) is 7.09. The van der Waals surface area contributed by atoms with Gasteiger partial charge < -0.3 is 10.0 Å². The molecule has 2 rings (SSSR count). The van der Waals surface area contributed by atoms with Crippen molar-refractivity contribution >= 4 is 23.5 Å². The summed E-state index contributed by atoms with van der Waals surface area (Å²) in [5.74, 6) is -1.40.